The van der Waals surface area contributed by atoms with E-state index in [9.17, 15) is 13.2 Å². The SMILES string of the molecule is CS(=O)(=O)c1nc2cc(Cl)c(Cl)cc2nc1C(=O)O. The zero-order chi connectivity index (χ0) is 14.4. The van der Waals surface area contributed by atoms with Crippen LogP contribution in [0.3, 0.4) is 0 Å². The summed E-state index contributed by atoms with van der Waals surface area (Å²) < 4.78 is 23.1. The van der Waals surface area contributed by atoms with Gasteiger partial charge in [0.1, 0.15) is 0 Å². The molecule has 0 atom stereocenters. The fraction of sp³-hybridized carbons (Fsp3) is 0.100. The number of fused-ring (bicyclic) bond motifs is 1. The highest BCUT2D eigenvalue weighted by Crippen LogP contribution is 2.27. The van der Waals surface area contributed by atoms with Gasteiger partial charge in [-0.3, -0.25) is 0 Å². The molecule has 6 nitrogen and oxygen atoms in total. The number of benzene rings is 1. The van der Waals surface area contributed by atoms with E-state index in [1.54, 1.807) is 0 Å². The van der Waals surface area contributed by atoms with Crippen LogP contribution in [0, 0.1) is 0 Å². The van der Waals surface area contributed by atoms with Gasteiger partial charge in [0, 0.05) is 6.26 Å². The summed E-state index contributed by atoms with van der Waals surface area (Å²) in [4.78, 5) is 18.6. The number of sulfone groups is 1. The number of nitrogens with zero attached hydrogens (tertiary/aromatic N) is 2. The molecule has 9 heteroatoms. The Hall–Kier alpha value is -1.44. The predicted octanol–water partition coefficient (Wildman–Crippen LogP) is 2.04. The molecule has 0 saturated carbocycles. The third-order valence-corrected chi connectivity index (χ3v) is 3.94. The second-order valence-corrected chi connectivity index (χ2v) is 6.46. The molecule has 1 N–H and O–H groups in total. The van der Waals surface area contributed by atoms with E-state index in [0.717, 1.165) is 6.26 Å². The van der Waals surface area contributed by atoms with Crippen molar-refractivity contribution in [3.05, 3.63) is 27.9 Å². The standard InChI is InChI=1S/C10H6Cl2N2O4S/c1-19(17,18)9-8(10(15)16)13-6-2-4(11)5(12)3-7(6)14-9/h2-3H,1H3,(H,15,16). The van der Waals surface area contributed by atoms with Gasteiger partial charge in [-0.25, -0.2) is 23.2 Å². The molecule has 0 saturated heterocycles. The molecule has 1 aromatic heterocycles. The number of carboxylic acids is 1. The summed E-state index contributed by atoms with van der Waals surface area (Å²) >= 11 is 11.6. The van der Waals surface area contributed by atoms with E-state index in [1.807, 2.05) is 0 Å². The largest absolute Gasteiger partial charge is 0.476 e. The van der Waals surface area contributed by atoms with Crippen molar-refractivity contribution in [3.63, 3.8) is 0 Å². The van der Waals surface area contributed by atoms with Crippen LogP contribution in [0.25, 0.3) is 11.0 Å². The number of halogens is 2. The third-order valence-electron chi connectivity index (χ3n) is 2.23. The maximum atomic E-state index is 11.5. The summed E-state index contributed by atoms with van der Waals surface area (Å²) in [6, 6.07) is 2.65. The van der Waals surface area contributed by atoms with Gasteiger partial charge in [-0.2, -0.15) is 0 Å². The zero-order valence-electron chi connectivity index (χ0n) is 9.39. The van der Waals surface area contributed by atoms with Crippen molar-refractivity contribution in [3.8, 4) is 0 Å². The summed E-state index contributed by atoms with van der Waals surface area (Å²) in [6.07, 6.45) is 0.854. The summed E-state index contributed by atoms with van der Waals surface area (Å²) in [5.41, 5.74) is -0.340. The zero-order valence-corrected chi connectivity index (χ0v) is 11.7. The molecular weight excluding hydrogens is 315 g/mol. The van der Waals surface area contributed by atoms with E-state index in [4.69, 9.17) is 28.3 Å². The molecule has 0 fully saturated rings. The van der Waals surface area contributed by atoms with Gasteiger partial charge in [-0.15, -0.1) is 0 Å². The minimum atomic E-state index is -3.82. The number of hydrogen-bond acceptors (Lipinski definition) is 5. The highest BCUT2D eigenvalue weighted by molar-refractivity contribution is 7.90. The minimum absolute atomic E-state index is 0.152. The first-order valence-corrected chi connectivity index (χ1v) is 7.45. The van der Waals surface area contributed by atoms with Gasteiger partial charge in [-0.05, 0) is 12.1 Å². The maximum absolute atomic E-state index is 11.5. The second-order valence-electron chi connectivity index (χ2n) is 3.71. The smallest absolute Gasteiger partial charge is 0.357 e. The lowest BCUT2D eigenvalue weighted by Gasteiger charge is -2.06. The molecule has 2 aromatic rings. The van der Waals surface area contributed by atoms with Gasteiger partial charge in [0.15, 0.2) is 20.6 Å². The normalized spacial score (nSPS) is 11.7. The summed E-state index contributed by atoms with van der Waals surface area (Å²) in [5, 5.41) is 8.73. The van der Waals surface area contributed by atoms with Crippen LogP contribution >= 0.6 is 23.2 Å². The fourth-order valence-corrected chi connectivity index (χ4v) is 2.50. The Morgan fingerprint density at radius 2 is 1.63 bits per heavy atom. The van der Waals surface area contributed by atoms with Gasteiger partial charge in [-0.1, -0.05) is 23.2 Å². The Morgan fingerprint density at radius 3 is 2.05 bits per heavy atom. The van der Waals surface area contributed by atoms with Crippen molar-refractivity contribution in [1.29, 1.82) is 0 Å². The monoisotopic (exact) mass is 320 g/mol. The summed E-state index contributed by atoms with van der Waals surface area (Å²) in [6.45, 7) is 0. The first kappa shape index (κ1) is 14.0. The molecule has 0 unspecified atom stereocenters. The number of carbonyl (C=O) groups is 1. The van der Waals surface area contributed by atoms with Crippen LogP contribution in [0.4, 0.5) is 0 Å². The van der Waals surface area contributed by atoms with Crippen LogP contribution in [-0.2, 0) is 9.84 Å². The Bertz CT molecular complexity index is 805. The Morgan fingerprint density at radius 1 is 1.16 bits per heavy atom. The van der Waals surface area contributed by atoms with Crippen LogP contribution in [0.2, 0.25) is 10.0 Å². The van der Waals surface area contributed by atoms with E-state index >= 15 is 0 Å². The molecule has 1 heterocycles. The quantitative estimate of drug-likeness (QED) is 0.909. The van der Waals surface area contributed by atoms with Gasteiger partial charge in [0.05, 0.1) is 21.1 Å². The minimum Gasteiger partial charge on any atom is -0.476 e. The van der Waals surface area contributed by atoms with Gasteiger partial charge in [0.2, 0.25) is 0 Å². The van der Waals surface area contributed by atoms with Crippen molar-refractivity contribution < 1.29 is 18.3 Å². The van der Waals surface area contributed by atoms with Crippen LogP contribution in [0.5, 0.6) is 0 Å². The van der Waals surface area contributed by atoms with E-state index in [1.165, 1.54) is 12.1 Å². The molecule has 2 rings (SSSR count). The molecule has 0 aliphatic carbocycles. The summed E-state index contributed by atoms with van der Waals surface area (Å²) in [7, 11) is -3.82. The van der Waals surface area contributed by atoms with E-state index in [2.05, 4.69) is 9.97 Å². The van der Waals surface area contributed by atoms with Crippen LogP contribution in [0.15, 0.2) is 17.2 Å². The number of aromatic carboxylic acids is 1. The molecular formula is C10H6Cl2N2O4S. The Balaban J connectivity index is 2.92. The first-order valence-electron chi connectivity index (χ1n) is 4.80. The molecule has 0 radical (unpaired) electrons. The highest BCUT2D eigenvalue weighted by Gasteiger charge is 2.23. The lowest BCUT2D eigenvalue weighted by Crippen LogP contribution is -2.12. The van der Waals surface area contributed by atoms with Crippen LogP contribution < -0.4 is 0 Å². The average Bonchev–Trinajstić information content (AvgIpc) is 2.27. The van der Waals surface area contributed by atoms with E-state index < -0.39 is 26.5 Å². The number of aromatic nitrogens is 2. The van der Waals surface area contributed by atoms with Crippen molar-refractivity contribution in [2.75, 3.05) is 6.26 Å². The first-order chi connectivity index (χ1) is 8.70. The molecule has 0 aliphatic heterocycles. The van der Waals surface area contributed by atoms with Crippen molar-refractivity contribution in [2.24, 2.45) is 0 Å². The topological polar surface area (TPSA) is 97.2 Å². The molecule has 0 bridgehead atoms. The highest BCUT2D eigenvalue weighted by atomic mass is 35.5. The maximum Gasteiger partial charge on any atom is 0.357 e. The lowest BCUT2D eigenvalue weighted by molar-refractivity contribution is 0.0685. The predicted molar refractivity (Wildman–Crippen MR) is 69.6 cm³/mol. The molecule has 19 heavy (non-hydrogen) atoms. The molecule has 1 aromatic carbocycles. The second kappa shape index (κ2) is 4.59. The van der Waals surface area contributed by atoms with Crippen molar-refractivity contribution in [1.82, 2.24) is 9.97 Å². The van der Waals surface area contributed by atoms with Crippen molar-refractivity contribution >= 4 is 50.0 Å². The van der Waals surface area contributed by atoms with Gasteiger partial charge < -0.3 is 5.11 Å². The van der Waals surface area contributed by atoms with Crippen LogP contribution in [-0.4, -0.2) is 35.7 Å². The molecule has 0 spiro atoms. The third kappa shape index (κ3) is 2.63. The van der Waals surface area contributed by atoms with Gasteiger partial charge >= 0.3 is 5.97 Å². The summed E-state index contributed by atoms with van der Waals surface area (Å²) in [5.74, 6) is -1.49. The number of rotatable bonds is 2. The Labute approximate surface area is 117 Å². The Kier molecular flexibility index (Phi) is 3.38. The molecule has 100 valence electrons. The van der Waals surface area contributed by atoms with Crippen LogP contribution in [0.1, 0.15) is 10.5 Å². The van der Waals surface area contributed by atoms with Crippen molar-refractivity contribution in [2.45, 2.75) is 5.03 Å². The van der Waals surface area contributed by atoms with E-state index in [0.29, 0.717) is 0 Å². The molecule has 0 amide bonds. The lowest BCUT2D eigenvalue weighted by atomic mass is 10.3. The fourth-order valence-electron chi connectivity index (χ4n) is 1.43. The average molecular weight is 321 g/mol. The van der Waals surface area contributed by atoms with E-state index in [-0.39, 0.29) is 21.1 Å². The van der Waals surface area contributed by atoms with Gasteiger partial charge in [0.25, 0.3) is 0 Å². The number of hydrogen-bond donors (Lipinski definition) is 1. The number of carboxylic acid groups (broad SMARTS) is 1. The molecule has 0 aliphatic rings.